The first-order valence-electron chi connectivity index (χ1n) is 8.90. The van der Waals surface area contributed by atoms with Crippen LogP contribution in [0.15, 0.2) is 40.6 Å². The molecule has 0 spiro atoms. The monoisotopic (exact) mass is 390 g/mol. The van der Waals surface area contributed by atoms with E-state index in [1.807, 2.05) is 30.3 Å². The zero-order chi connectivity index (χ0) is 18.0. The van der Waals surface area contributed by atoms with Crippen molar-refractivity contribution in [2.75, 3.05) is 25.0 Å². The van der Waals surface area contributed by atoms with Crippen LogP contribution in [0.3, 0.4) is 0 Å². The van der Waals surface area contributed by atoms with E-state index in [2.05, 4.69) is 15.3 Å². The fourth-order valence-electron chi connectivity index (χ4n) is 3.20. The average Bonchev–Trinajstić information content (AvgIpc) is 3.29. The van der Waals surface area contributed by atoms with Crippen LogP contribution in [0.2, 0.25) is 0 Å². The van der Waals surface area contributed by atoms with Crippen LogP contribution in [0.5, 0.6) is 0 Å². The number of sulfonamides is 1. The predicted octanol–water partition coefficient (Wildman–Crippen LogP) is 3.45. The number of H-pyrrole nitrogens is 1. The summed E-state index contributed by atoms with van der Waals surface area (Å²) in [5, 5.41) is 3.27. The summed E-state index contributed by atoms with van der Waals surface area (Å²) in [7, 11) is -3.32. The maximum atomic E-state index is 12.7. The third-order valence-corrected chi connectivity index (χ3v) is 8.11. The lowest BCUT2D eigenvalue weighted by atomic mass is 10.2. The molecule has 3 heterocycles. The Morgan fingerprint density at radius 1 is 1.12 bits per heavy atom. The van der Waals surface area contributed by atoms with Gasteiger partial charge < -0.3 is 10.3 Å². The number of nitrogens with one attached hydrogen (secondary N) is 2. The number of nitrogens with zero attached hydrogens (tertiary/aromatic N) is 2. The number of imidazole rings is 1. The number of thiophene rings is 1. The number of piperidine rings is 1. The molecule has 1 fully saturated rings. The molecule has 2 aromatic heterocycles. The Balaban J connectivity index is 1.37. The number of aromatic amines is 1. The molecule has 26 heavy (non-hydrogen) atoms. The Bertz CT molecular complexity index is 954. The molecule has 1 aliphatic rings. The Hall–Kier alpha value is -1.90. The van der Waals surface area contributed by atoms with Gasteiger partial charge in [0.2, 0.25) is 5.95 Å². The highest BCUT2D eigenvalue weighted by atomic mass is 32.2. The molecule has 1 aliphatic heterocycles. The summed E-state index contributed by atoms with van der Waals surface area (Å²) in [6.07, 6.45) is 3.80. The fourth-order valence-corrected chi connectivity index (χ4v) is 6.23. The first kappa shape index (κ1) is 17.5. The topological polar surface area (TPSA) is 78.1 Å². The van der Waals surface area contributed by atoms with Gasteiger partial charge in [0.25, 0.3) is 10.0 Å². The number of fused-ring (bicyclic) bond motifs is 1. The molecule has 0 aliphatic carbocycles. The van der Waals surface area contributed by atoms with Crippen molar-refractivity contribution in [1.82, 2.24) is 14.3 Å². The lowest BCUT2D eigenvalue weighted by Gasteiger charge is -2.25. The zero-order valence-corrected chi connectivity index (χ0v) is 16.1. The Kier molecular flexibility index (Phi) is 4.97. The predicted molar refractivity (Wildman–Crippen MR) is 105 cm³/mol. The van der Waals surface area contributed by atoms with E-state index in [4.69, 9.17) is 0 Å². The maximum Gasteiger partial charge on any atom is 0.252 e. The fraction of sp³-hybridized carbons (Fsp3) is 0.389. The van der Waals surface area contributed by atoms with Crippen LogP contribution in [-0.2, 0) is 16.4 Å². The highest BCUT2D eigenvalue weighted by Gasteiger charge is 2.27. The molecule has 8 heteroatoms. The molecular weight excluding hydrogens is 368 g/mol. The molecule has 0 atom stereocenters. The number of para-hydroxylation sites is 2. The van der Waals surface area contributed by atoms with Gasteiger partial charge in [0.15, 0.2) is 0 Å². The third-order valence-electron chi connectivity index (χ3n) is 4.60. The van der Waals surface area contributed by atoms with E-state index in [0.717, 1.165) is 47.5 Å². The van der Waals surface area contributed by atoms with E-state index in [-0.39, 0.29) is 0 Å². The molecule has 0 bridgehead atoms. The van der Waals surface area contributed by atoms with E-state index in [1.165, 1.54) is 11.3 Å². The van der Waals surface area contributed by atoms with Crippen LogP contribution in [0.1, 0.15) is 24.1 Å². The summed E-state index contributed by atoms with van der Waals surface area (Å²) < 4.78 is 27.5. The minimum atomic E-state index is -3.32. The first-order chi connectivity index (χ1) is 12.6. The molecule has 138 valence electrons. The van der Waals surface area contributed by atoms with Crippen LogP contribution < -0.4 is 5.32 Å². The van der Waals surface area contributed by atoms with Crippen LogP contribution >= 0.6 is 11.3 Å². The van der Waals surface area contributed by atoms with Crippen LogP contribution in [0.4, 0.5) is 5.95 Å². The SMILES string of the molecule is O=S(=O)(c1ccc(CCNc2nc3ccccc3[nH]2)s1)N1CCCCC1. The van der Waals surface area contributed by atoms with Gasteiger partial charge in [-0.15, -0.1) is 11.3 Å². The van der Waals surface area contributed by atoms with Gasteiger partial charge in [-0.25, -0.2) is 13.4 Å². The van der Waals surface area contributed by atoms with Crippen LogP contribution in [-0.4, -0.2) is 42.3 Å². The van der Waals surface area contributed by atoms with E-state index in [9.17, 15) is 8.42 Å². The highest BCUT2D eigenvalue weighted by Crippen LogP contribution is 2.27. The van der Waals surface area contributed by atoms with Gasteiger partial charge in [-0.2, -0.15) is 4.31 Å². The number of hydrogen-bond donors (Lipinski definition) is 2. The van der Waals surface area contributed by atoms with Crippen molar-refractivity contribution in [2.24, 2.45) is 0 Å². The molecule has 4 rings (SSSR count). The lowest BCUT2D eigenvalue weighted by Crippen LogP contribution is -2.35. The molecular formula is C18H22N4O2S2. The van der Waals surface area contributed by atoms with Gasteiger partial charge in [0, 0.05) is 24.5 Å². The van der Waals surface area contributed by atoms with Gasteiger partial charge in [0.05, 0.1) is 11.0 Å². The summed E-state index contributed by atoms with van der Waals surface area (Å²) >= 11 is 1.37. The quantitative estimate of drug-likeness (QED) is 0.676. The molecule has 0 unspecified atom stereocenters. The van der Waals surface area contributed by atoms with E-state index < -0.39 is 10.0 Å². The smallest absolute Gasteiger partial charge is 0.252 e. The maximum absolute atomic E-state index is 12.7. The van der Waals surface area contributed by atoms with Crippen molar-refractivity contribution in [3.63, 3.8) is 0 Å². The first-order valence-corrected chi connectivity index (χ1v) is 11.2. The van der Waals surface area contributed by atoms with Gasteiger partial charge in [-0.05, 0) is 43.5 Å². The number of rotatable bonds is 6. The second-order valence-corrected chi connectivity index (χ2v) is 9.80. The summed E-state index contributed by atoms with van der Waals surface area (Å²) in [4.78, 5) is 8.78. The molecule has 1 saturated heterocycles. The van der Waals surface area contributed by atoms with Crippen molar-refractivity contribution >= 4 is 38.3 Å². The Morgan fingerprint density at radius 3 is 2.73 bits per heavy atom. The van der Waals surface area contributed by atoms with E-state index in [1.54, 1.807) is 10.4 Å². The van der Waals surface area contributed by atoms with Crippen molar-refractivity contribution in [3.8, 4) is 0 Å². The molecule has 1 aromatic carbocycles. The summed E-state index contributed by atoms with van der Waals surface area (Å²) in [6, 6.07) is 11.6. The van der Waals surface area contributed by atoms with Gasteiger partial charge in [0.1, 0.15) is 4.21 Å². The Morgan fingerprint density at radius 2 is 1.92 bits per heavy atom. The molecule has 6 nitrogen and oxygen atoms in total. The molecule has 0 saturated carbocycles. The number of benzene rings is 1. The highest BCUT2D eigenvalue weighted by molar-refractivity contribution is 7.91. The second-order valence-electron chi connectivity index (χ2n) is 6.46. The number of anilines is 1. The van der Waals surface area contributed by atoms with Gasteiger partial charge in [-0.3, -0.25) is 0 Å². The number of hydrogen-bond acceptors (Lipinski definition) is 5. The second kappa shape index (κ2) is 7.38. The molecule has 0 radical (unpaired) electrons. The minimum Gasteiger partial charge on any atom is -0.355 e. The van der Waals surface area contributed by atoms with Crippen molar-refractivity contribution in [3.05, 3.63) is 41.3 Å². The van der Waals surface area contributed by atoms with Crippen molar-refractivity contribution in [2.45, 2.75) is 29.9 Å². The molecule has 2 N–H and O–H groups in total. The van der Waals surface area contributed by atoms with Gasteiger partial charge >= 0.3 is 0 Å². The molecule has 0 amide bonds. The summed E-state index contributed by atoms with van der Waals surface area (Å²) in [5.41, 5.74) is 1.93. The van der Waals surface area contributed by atoms with E-state index >= 15 is 0 Å². The van der Waals surface area contributed by atoms with E-state index in [0.29, 0.717) is 23.8 Å². The number of aromatic nitrogens is 2. The Labute approximate surface area is 157 Å². The lowest BCUT2D eigenvalue weighted by molar-refractivity contribution is 0.347. The third kappa shape index (κ3) is 3.62. The summed E-state index contributed by atoms with van der Waals surface area (Å²) in [6.45, 7) is 1.98. The average molecular weight is 391 g/mol. The van der Waals surface area contributed by atoms with Crippen molar-refractivity contribution in [1.29, 1.82) is 0 Å². The molecule has 3 aromatic rings. The van der Waals surface area contributed by atoms with Crippen molar-refractivity contribution < 1.29 is 8.42 Å². The normalized spacial score (nSPS) is 16.2. The minimum absolute atomic E-state index is 0.457. The largest absolute Gasteiger partial charge is 0.355 e. The standard InChI is InChI=1S/C18H22N4O2S2/c23-26(24,22-12-4-1-5-13-22)17-9-8-14(25-17)10-11-19-18-20-15-6-2-3-7-16(15)21-18/h2-3,6-9H,1,4-5,10-13H2,(H2,19,20,21). The summed E-state index contributed by atoms with van der Waals surface area (Å²) in [5.74, 6) is 0.740. The van der Waals surface area contributed by atoms with Crippen LogP contribution in [0, 0.1) is 0 Å². The van der Waals surface area contributed by atoms with Gasteiger partial charge in [-0.1, -0.05) is 18.6 Å². The van der Waals surface area contributed by atoms with Crippen LogP contribution in [0.25, 0.3) is 11.0 Å². The zero-order valence-electron chi connectivity index (χ0n) is 14.4.